The molecule has 0 aliphatic rings. The second-order valence-corrected chi connectivity index (χ2v) is 7.23. The maximum atomic E-state index is 12.2. The average Bonchev–Trinajstić information content (AvgIpc) is 3.22. The van der Waals surface area contributed by atoms with Crippen molar-refractivity contribution in [2.45, 2.75) is 19.8 Å². The number of hydrogen-bond donors (Lipinski definition) is 2. The van der Waals surface area contributed by atoms with Crippen molar-refractivity contribution < 1.29 is 14.3 Å². The Morgan fingerprint density at radius 2 is 1.75 bits per heavy atom. The van der Waals surface area contributed by atoms with Crippen molar-refractivity contribution in [3.8, 4) is 5.75 Å². The van der Waals surface area contributed by atoms with E-state index in [-0.39, 0.29) is 11.8 Å². The summed E-state index contributed by atoms with van der Waals surface area (Å²) in [5.74, 6) is 0.596. The van der Waals surface area contributed by atoms with Crippen LogP contribution in [0, 0.1) is 6.92 Å². The molecule has 28 heavy (non-hydrogen) atoms. The number of benzene rings is 2. The molecule has 2 N–H and O–H groups in total. The van der Waals surface area contributed by atoms with Crippen molar-refractivity contribution in [2.24, 2.45) is 0 Å². The first kappa shape index (κ1) is 19.6. The highest BCUT2D eigenvalue weighted by Gasteiger charge is 2.08. The lowest BCUT2D eigenvalue weighted by molar-refractivity contribution is -0.116. The minimum absolute atomic E-state index is 0.0879. The van der Waals surface area contributed by atoms with Gasteiger partial charge in [0.1, 0.15) is 5.75 Å². The highest BCUT2D eigenvalue weighted by Crippen LogP contribution is 2.19. The third-order valence-corrected chi connectivity index (χ3v) is 4.92. The third kappa shape index (κ3) is 5.69. The van der Waals surface area contributed by atoms with E-state index in [2.05, 4.69) is 10.6 Å². The largest absolute Gasteiger partial charge is 0.493 e. The van der Waals surface area contributed by atoms with Crippen LogP contribution in [0.1, 0.15) is 28.1 Å². The smallest absolute Gasteiger partial charge is 0.265 e. The summed E-state index contributed by atoms with van der Waals surface area (Å²) in [6, 6.07) is 18.5. The number of nitrogens with one attached hydrogen (secondary N) is 2. The topological polar surface area (TPSA) is 67.4 Å². The summed E-state index contributed by atoms with van der Waals surface area (Å²) in [6.07, 6.45) is 0.979. The van der Waals surface area contributed by atoms with E-state index in [1.54, 1.807) is 30.3 Å². The van der Waals surface area contributed by atoms with Crippen molar-refractivity contribution in [3.05, 3.63) is 76.5 Å². The highest BCUT2D eigenvalue weighted by molar-refractivity contribution is 7.12. The molecule has 6 heteroatoms. The molecule has 0 radical (unpaired) electrons. The number of thiophene rings is 1. The maximum Gasteiger partial charge on any atom is 0.265 e. The molecule has 2 amide bonds. The van der Waals surface area contributed by atoms with Gasteiger partial charge in [-0.1, -0.05) is 30.3 Å². The Bertz CT molecular complexity index is 938. The van der Waals surface area contributed by atoms with Gasteiger partial charge in [0.15, 0.2) is 0 Å². The predicted octanol–water partition coefficient (Wildman–Crippen LogP) is 5.11. The van der Waals surface area contributed by atoms with E-state index in [9.17, 15) is 9.59 Å². The van der Waals surface area contributed by atoms with Crippen molar-refractivity contribution in [1.29, 1.82) is 0 Å². The summed E-state index contributed by atoms with van der Waals surface area (Å²) in [7, 11) is 0. The van der Waals surface area contributed by atoms with E-state index in [1.807, 2.05) is 42.6 Å². The Kier molecular flexibility index (Phi) is 6.81. The lowest BCUT2D eigenvalue weighted by Crippen LogP contribution is -2.14. The standard InChI is InChI=1S/C22H22N2O3S/c1-16-7-2-3-10-19(16)27-13-5-12-21(25)23-17-8-4-9-18(15-17)24-22(26)20-11-6-14-28-20/h2-4,6-11,14-15H,5,12-13H2,1H3,(H,23,25)(H,24,26). The first-order valence-corrected chi connectivity index (χ1v) is 9.93. The number of ether oxygens (including phenoxy) is 1. The van der Waals surface area contributed by atoms with Crippen LogP contribution >= 0.6 is 11.3 Å². The molecular formula is C22H22N2O3S. The quantitative estimate of drug-likeness (QED) is 0.522. The number of aryl methyl sites for hydroxylation is 1. The monoisotopic (exact) mass is 394 g/mol. The van der Waals surface area contributed by atoms with Crippen LogP contribution in [0.4, 0.5) is 11.4 Å². The zero-order valence-electron chi connectivity index (χ0n) is 15.6. The summed E-state index contributed by atoms with van der Waals surface area (Å²) < 4.78 is 5.71. The Labute approximate surface area is 168 Å². The molecule has 0 saturated heterocycles. The van der Waals surface area contributed by atoms with Crippen molar-refractivity contribution in [3.63, 3.8) is 0 Å². The molecule has 0 unspecified atom stereocenters. The number of carbonyl (C=O) groups excluding carboxylic acids is 2. The molecule has 5 nitrogen and oxygen atoms in total. The lowest BCUT2D eigenvalue weighted by atomic mass is 10.2. The number of amides is 2. The molecule has 0 fully saturated rings. The highest BCUT2D eigenvalue weighted by atomic mass is 32.1. The van der Waals surface area contributed by atoms with Gasteiger partial charge in [-0.15, -0.1) is 11.3 Å². The van der Waals surface area contributed by atoms with Crippen LogP contribution < -0.4 is 15.4 Å². The third-order valence-electron chi connectivity index (χ3n) is 4.05. The molecule has 0 spiro atoms. The van der Waals surface area contributed by atoms with Crippen LogP contribution in [-0.2, 0) is 4.79 Å². The van der Waals surface area contributed by atoms with E-state index in [4.69, 9.17) is 4.74 Å². The van der Waals surface area contributed by atoms with E-state index in [0.29, 0.717) is 35.7 Å². The Morgan fingerprint density at radius 3 is 2.50 bits per heavy atom. The van der Waals surface area contributed by atoms with Gasteiger partial charge in [0.25, 0.3) is 5.91 Å². The van der Waals surface area contributed by atoms with Gasteiger partial charge in [-0.3, -0.25) is 9.59 Å². The Hall–Kier alpha value is -3.12. The Balaban J connectivity index is 1.45. The molecule has 1 aromatic heterocycles. The van der Waals surface area contributed by atoms with Crippen molar-refractivity contribution in [1.82, 2.24) is 0 Å². The van der Waals surface area contributed by atoms with Gasteiger partial charge in [-0.05, 0) is 54.6 Å². The number of hydrogen-bond acceptors (Lipinski definition) is 4. The first-order chi connectivity index (χ1) is 13.6. The second kappa shape index (κ2) is 9.71. The number of para-hydroxylation sites is 1. The molecule has 0 saturated carbocycles. The van der Waals surface area contributed by atoms with E-state index in [1.165, 1.54) is 11.3 Å². The SMILES string of the molecule is Cc1ccccc1OCCCC(=O)Nc1cccc(NC(=O)c2cccs2)c1. The molecule has 3 rings (SSSR count). The zero-order valence-corrected chi connectivity index (χ0v) is 16.4. The Morgan fingerprint density at radius 1 is 0.964 bits per heavy atom. The van der Waals surface area contributed by atoms with Crippen LogP contribution in [0.15, 0.2) is 66.0 Å². The molecule has 144 valence electrons. The average molecular weight is 394 g/mol. The van der Waals surface area contributed by atoms with Gasteiger partial charge in [0, 0.05) is 17.8 Å². The second-order valence-electron chi connectivity index (χ2n) is 6.28. The van der Waals surface area contributed by atoms with Gasteiger partial charge >= 0.3 is 0 Å². The van der Waals surface area contributed by atoms with Crippen LogP contribution in [0.3, 0.4) is 0 Å². The number of anilines is 2. The van der Waals surface area contributed by atoms with Gasteiger partial charge in [0.2, 0.25) is 5.91 Å². The molecule has 0 atom stereocenters. The summed E-state index contributed by atoms with van der Waals surface area (Å²) in [5.41, 5.74) is 2.36. The maximum absolute atomic E-state index is 12.2. The number of carbonyl (C=O) groups is 2. The number of rotatable bonds is 8. The fourth-order valence-electron chi connectivity index (χ4n) is 2.63. The molecule has 3 aromatic rings. The molecule has 0 bridgehead atoms. The molecule has 0 aliphatic heterocycles. The first-order valence-electron chi connectivity index (χ1n) is 9.05. The predicted molar refractivity (Wildman–Crippen MR) is 113 cm³/mol. The van der Waals surface area contributed by atoms with Crippen LogP contribution in [0.5, 0.6) is 5.75 Å². The summed E-state index contributed by atoms with van der Waals surface area (Å²) in [6.45, 7) is 2.47. The van der Waals surface area contributed by atoms with Gasteiger partial charge < -0.3 is 15.4 Å². The minimum atomic E-state index is -0.160. The molecule has 1 heterocycles. The zero-order chi connectivity index (χ0) is 19.8. The van der Waals surface area contributed by atoms with E-state index < -0.39 is 0 Å². The lowest BCUT2D eigenvalue weighted by Gasteiger charge is -2.10. The molecule has 2 aromatic carbocycles. The van der Waals surface area contributed by atoms with E-state index in [0.717, 1.165) is 11.3 Å². The van der Waals surface area contributed by atoms with Crippen LogP contribution in [-0.4, -0.2) is 18.4 Å². The van der Waals surface area contributed by atoms with E-state index >= 15 is 0 Å². The van der Waals surface area contributed by atoms with Crippen LogP contribution in [0.2, 0.25) is 0 Å². The summed E-state index contributed by atoms with van der Waals surface area (Å²) in [5, 5.41) is 7.55. The van der Waals surface area contributed by atoms with Crippen molar-refractivity contribution >= 4 is 34.5 Å². The fraction of sp³-hybridized carbons (Fsp3) is 0.182. The summed E-state index contributed by atoms with van der Waals surface area (Å²) in [4.78, 5) is 24.9. The van der Waals surface area contributed by atoms with Gasteiger partial charge in [0.05, 0.1) is 11.5 Å². The van der Waals surface area contributed by atoms with Gasteiger partial charge in [-0.25, -0.2) is 0 Å². The molecular weight excluding hydrogens is 372 g/mol. The van der Waals surface area contributed by atoms with Crippen molar-refractivity contribution in [2.75, 3.05) is 17.2 Å². The molecule has 0 aliphatic carbocycles. The normalized spacial score (nSPS) is 10.3. The minimum Gasteiger partial charge on any atom is -0.493 e. The van der Waals surface area contributed by atoms with Crippen LogP contribution in [0.25, 0.3) is 0 Å². The van der Waals surface area contributed by atoms with Gasteiger partial charge in [-0.2, -0.15) is 0 Å². The fourth-order valence-corrected chi connectivity index (χ4v) is 3.25. The summed E-state index contributed by atoms with van der Waals surface area (Å²) >= 11 is 1.38.